The number of aliphatic hydroxyl groups is 1. The van der Waals surface area contributed by atoms with Crippen LogP contribution in [0.2, 0.25) is 5.02 Å². The number of hydrogen-bond acceptors (Lipinski definition) is 1. The quantitative estimate of drug-likeness (QED) is 0.775. The molecule has 1 N–H and O–H groups in total. The van der Waals surface area contributed by atoms with E-state index in [1.165, 1.54) is 0 Å². The Labute approximate surface area is 84.4 Å². The van der Waals surface area contributed by atoms with E-state index in [2.05, 4.69) is 6.07 Å². The van der Waals surface area contributed by atoms with Gasteiger partial charge in [-0.2, -0.15) is 0 Å². The first-order valence-corrected chi connectivity index (χ1v) is 4.81. The van der Waals surface area contributed by atoms with Gasteiger partial charge in [-0.1, -0.05) is 24.6 Å². The summed E-state index contributed by atoms with van der Waals surface area (Å²) in [5.74, 6) is 0.164. The lowest BCUT2D eigenvalue weighted by molar-refractivity contribution is 0.272. The smallest absolute Gasteiger partial charge is 0.0497 e. The van der Waals surface area contributed by atoms with Gasteiger partial charge < -0.3 is 5.11 Å². The summed E-state index contributed by atoms with van der Waals surface area (Å²) in [6.07, 6.45) is 0. The highest BCUT2D eigenvalue weighted by Gasteiger charge is 2.10. The highest BCUT2D eigenvalue weighted by molar-refractivity contribution is 6.31. The average molecular weight is 199 g/mol. The molecule has 0 aliphatic rings. The molecule has 1 unspecified atom stereocenters. The Balaban J connectivity index is 3.20. The van der Waals surface area contributed by atoms with Crippen LogP contribution in [0.4, 0.5) is 0 Å². The Bertz CT molecular complexity index is 307. The molecule has 1 aromatic carbocycles. The van der Waals surface area contributed by atoms with Crippen LogP contribution in [0.15, 0.2) is 12.1 Å². The normalized spacial score (nSPS) is 13.0. The van der Waals surface area contributed by atoms with Gasteiger partial charge in [-0.05, 0) is 36.6 Å². The molecule has 0 aromatic heterocycles. The summed E-state index contributed by atoms with van der Waals surface area (Å²) in [5.41, 5.74) is 3.37. The lowest BCUT2D eigenvalue weighted by atomic mass is 9.95. The van der Waals surface area contributed by atoms with Crippen LogP contribution in [0, 0.1) is 13.8 Å². The van der Waals surface area contributed by atoms with Gasteiger partial charge in [0.1, 0.15) is 0 Å². The number of aliphatic hydroxyl groups excluding tert-OH is 1. The summed E-state index contributed by atoms with van der Waals surface area (Å²) < 4.78 is 0. The summed E-state index contributed by atoms with van der Waals surface area (Å²) in [6.45, 7) is 6.17. The minimum Gasteiger partial charge on any atom is -0.396 e. The van der Waals surface area contributed by atoms with E-state index in [-0.39, 0.29) is 12.5 Å². The van der Waals surface area contributed by atoms with Crippen molar-refractivity contribution in [3.63, 3.8) is 0 Å². The van der Waals surface area contributed by atoms with Gasteiger partial charge in [-0.3, -0.25) is 0 Å². The van der Waals surface area contributed by atoms with Crippen molar-refractivity contribution in [2.24, 2.45) is 0 Å². The summed E-state index contributed by atoms with van der Waals surface area (Å²) in [5, 5.41) is 9.84. The first-order valence-electron chi connectivity index (χ1n) is 4.43. The second-order valence-electron chi connectivity index (χ2n) is 3.54. The summed E-state index contributed by atoms with van der Waals surface area (Å²) >= 11 is 6.04. The molecule has 0 radical (unpaired) electrons. The molecule has 0 saturated heterocycles. The van der Waals surface area contributed by atoms with Crippen LogP contribution in [-0.2, 0) is 0 Å². The zero-order valence-electron chi connectivity index (χ0n) is 8.26. The zero-order valence-corrected chi connectivity index (χ0v) is 9.02. The van der Waals surface area contributed by atoms with Gasteiger partial charge in [0.05, 0.1) is 0 Å². The van der Waals surface area contributed by atoms with Gasteiger partial charge in [0.15, 0.2) is 0 Å². The fourth-order valence-electron chi connectivity index (χ4n) is 1.45. The van der Waals surface area contributed by atoms with E-state index < -0.39 is 0 Å². The molecule has 0 saturated carbocycles. The van der Waals surface area contributed by atoms with Crippen molar-refractivity contribution in [2.45, 2.75) is 26.7 Å². The molecule has 0 spiro atoms. The third-order valence-electron chi connectivity index (χ3n) is 2.33. The maximum Gasteiger partial charge on any atom is 0.0497 e. The van der Waals surface area contributed by atoms with Gasteiger partial charge in [-0.25, -0.2) is 0 Å². The van der Waals surface area contributed by atoms with E-state index in [4.69, 9.17) is 16.7 Å². The van der Waals surface area contributed by atoms with Gasteiger partial charge in [0, 0.05) is 17.5 Å². The molecule has 0 aliphatic carbocycles. The van der Waals surface area contributed by atoms with Crippen molar-refractivity contribution >= 4 is 11.6 Å². The Kier molecular flexibility index (Phi) is 3.34. The summed E-state index contributed by atoms with van der Waals surface area (Å²) in [4.78, 5) is 0. The molecule has 1 atom stereocenters. The van der Waals surface area contributed by atoms with Crippen LogP contribution in [0.25, 0.3) is 0 Å². The predicted octanol–water partition coefficient (Wildman–Crippen LogP) is 3.05. The molecule has 0 aliphatic heterocycles. The van der Waals surface area contributed by atoms with Crippen LogP contribution >= 0.6 is 11.6 Å². The lowest BCUT2D eigenvalue weighted by Crippen LogP contribution is -2.02. The minimum absolute atomic E-state index is 0.164. The standard InChI is InChI=1S/C11H15ClO/c1-7-4-10(8(2)6-13)9(3)11(12)5-7/h4-5,8,13H,6H2,1-3H3. The molecule has 1 rings (SSSR count). The largest absolute Gasteiger partial charge is 0.396 e. The molecule has 2 heteroatoms. The molecule has 72 valence electrons. The fraction of sp³-hybridized carbons (Fsp3) is 0.455. The molecule has 13 heavy (non-hydrogen) atoms. The summed E-state index contributed by atoms with van der Waals surface area (Å²) in [7, 11) is 0. The van der Waals surface area contributed by atoms with E-state index in [9.17, 15) is 0 Å². The monoisotopic (exact) mass is 198 g/mol. The van der Waals surface area contributed by atoms with Gasteiger partial charge in [0.2, 0.25) is 0 Å². The van der Waals surface area contributed by atoms with Crippen molar-refractivity contribution in [1.29, 1.82) is 0 Å². The molecule has 1 nitrogen and oxygen atoms in total. The van der Waals surface area contributed by atoms with Crippen LogP contribution in [0.5, 0.6) is 0 Å². The van der Waals surface area contributed by atoms with Crippen molar-refractivity contribution in [3.8, 4) is 0 Å². The summed E-state index contributed by atoms with van der Waals surface area (Å²) in [6, 6.07) is 4.03. The lowest BCUT2D eigenvalue weighted by Gasteiger charge is -2.14. The minimum atomic E-state index is 0.164. The Morgan fingerprint density at radius 3 is 2.54 bits per heavy atom. The van der Waals surface area contributed by atoms with Crippen LogP contribution < -0.4 is 0 Å². The Morgan fingerprint density at radius 1 is 1.38 bits per heavy atom. The topological polar surface area (TPSA) is 20.2 Å². The van der Waals surface area contributed by atoms with Gasteiger partial charge >= 0.3 is 0 Å². The second kappa shape index (κ2) is 4.12. The van der Waals surface area contributed by atoms with E-state index in [0.29, 0.717) is 0 Å². The van der Waals surface area contributed by atoms with E-state index >= 15 is 0 Å². The van der Waals surface area contributed by atoms with E-state index in [0.717, 1.165) is 21.7 Å². The zero-order chi connectivity index (χ0) is 10.0. The molecule has 0 heterocycles. The number of hydrogen-bond donors (Lipinski definition) is 1. The van der Waals surface area contributed by atoms with Crippen molar-refractivity contribution < 1.29 is 5.11 Å². The average Bonchev–Trinajstić information content (AvgIpc) is 2.10. The maximum atomic E-state index is 9.05. The molecular formula is C11H15ClO. The number of benzene rings is 1. The molecule has 0 amide bonds. The predicted molar refractivity (Wildman–Crippen MR) is 56.4 cm³/mol. The SMILES string of the molecule is Cc1cc(Cl)c(C)c(C(C)CO)c1. The molecule has 0 bridgehead atoms. The Morgan fingerprint density at radius 2 is 2.00 bits per heavy atom. The third-order valence-corrected chi connectivity index (χ3v) is 2.73. The first-order chi connectivity index (χ1) is 6.06. The van der Waals surface area contributed by atoms with Crippen LogP contribution in [-0.4, -0.2) is 11.7 Å². The number of rotatable bonds is 2. The van der Waals surface area contributed by atoms with E-state index in [1.807, 2.05) is 26.8 Å². The molecule has 0 fully saturated rings. The maximum absolute atomic E-state index is 9.05. The highest BCUT2D eigenvalue weighted by Crippen LogP contribution is 2.26. The fourth-order valence-corrected chi connectivity index (χ4v) is 1.73. The molecular weight excluding hydrogens is 184 g/mol. The van der Waals surface area contributed by atoms with Crippen LogP contribution in [0.1, 0.15) is 29.5 Å². The second-order valence-corrected chi connectivity index (χ2v) is 3.95. The van der Waals surface area contributed by atoms with Crippen molar-refractivity contribution in [1.82, 2.24) is 0 Å². The molecule has 1 aromatic rings. The van der Waals surface area contributed by atoms with Crippen molar-refractivity contribution in [2.75, 3.05) is 6.61 Å². The van der Waals surface area contributed by atoms with Gasteiger partial charge in [-0.15, -0.1) is 0 Å². The van der Waals surface area contributed by atoms with Crippen molar-refractivity contribution in [3.05, 3.63) is 33.8 Å². The number of halogens is 1. The third kappa shape index (κ3) is 2.23. The van der Waals surface area contributed by atoms with Gasteiger partial charge in [0.25, 0.3) is 0 Å². The van der Waals surface area contributed by atoms with Crippen LogP contribution in [0.3, 0.4) is 0 Å². The first kappa shape index (κ1) is 10.6. The highest BCUT2D eigenvalue weighted by atomic mass is 35.5. The Hall–Kier alpha value is -0.530. The number of aryl methyl sites for hydroxylation is 1. The van der Waals surface area contributed by atoms with E-state index in [1.54, 1.807) is 0 Å².